The van der Waals surface area contributed by atoms with Gasteiger partial charge in [-0.3, -0.25) is 15.0 Å². The van der Waals surface area contributed by atoms with Crippen molar-refractivity contribution in [2.24, 2.45) is 0 Å². The number of amides is 1. The predicted molar refractivity (Wildman–Crippen MR) is 95.3 cm³/mol. The van der Waals surface area contributed by atoms with Gasteiger partial charge in [0.25, 0.3) is 0 Å². The van der Waals surface area contributed by atoms with Crippen LogP contribution in [0.2, 0.25) is 0 Å². The van der Waals surface area contributed by atoms with Gasteiger partial charge in [0, 0.05) is 0 Å². The lowest BCUT2D eigenvalue weighted by Gasteiger charge is -2.19. The Morgan fingerprint density at radius 2 is 1.59 bits per heavy atom. The third kappa shape index (κ3) is 5.32. The lowest BCUT2D eigenvalue weighted by Crippen LogP contribution is -2.32. The molecule has 0 saturated carbocycles. The van der Waals surface area contributed by atoms with Crippen molar-refractivity contribution >= 4 is 11.9 Å². The lowest BCUT2D eigenvalue weighted by molar-refractivity contribution is -0.117. The van der Waals surface area contributed by atoms with Crippen molar-refractivity contribution in [2.75, 3.05) is 26.1 Å². The average molecular weight is 372 g/mol. The summed E-state index contributed by atoms with van der Waals surface area (Å²) < 4.78 is 20.9. The molecule has 3 aromatic rings. The molecular formula is C18H20N4O5. The first-order valence-corrected chi connectivity index (χ1v) is 8.20. The second-order valence-electron chi connectivity index (χ2n) is 5.63. The van der Waals surface area contributed by atoms with Gasteiger partial charge in [0.1, 0.15) is 11.5 Å². The van der Waals surface area contributed by atoms with Gasteiger partial charge >= 0.3 is 0 Å². The summed E-state index contributed by atoms with van der Waals surface area (Å²) in [5.74, 6) is 1.89. The van der Waals surface area contributed by atoms with Crippen LogP contribution in [0.3, 0.4) is 0 Å². The number of rotatable bonds is 9. The van der Waals surface area contributed by atoms with Gasteiger partial charge in [-0.05, 0) is 24.3 Å². The van der Waals surface area contributed by atoms with Crippen LogP contribution >= 0.6 is 0 Å². The standard InChI is InChI=1S/C18H20N4O5/c1-24-16-9-17(25-2)21-18(20-16)19-15(23)12-22(10-13-5-3-7-26-13)11-14-6-4-8-27-14/h3-9H,10-12H2,1-2H3,(H,19,20,21,23). The van der Waals surface area contributed by atoms with Crippen LogP contribution in [0.4, 0.5) is 5.95 Å². The number of furan rings is 2. The zero-order valence-electron chi connectivity index (χ0n) is 15.0. The summed E-state index contributed by atoms with van der Waals surface area (Å²) in [6, 6.07) is 8.83. The highest BCUT2D eigenvalue weighted by Crippen LogP contribution is 2.17. The third-order valence-electron chi connectivity index (χ3n) is 3.63. The topological polar surface area (TPSA) is 103 Å². The number of hydrogen-bond acceptors (Lipinski definition) is 8. The van der Waals surface area contributed by atoms with Gasteiger partial charge in [-0.2, -0.15) is 9.97 Å². The highest BCUT2D eigenvalue weighted by molar-refractivity contribution is 5.90. The number of methoxy groups -OCH3 is 2. The Balaban J connectivity index is 1.68. The summed E-state index contributed by atoms with van der Waals surface area (Å²) in [5.41, 5.74) is 0. The summed E-state index contributed by atoms with van der Waals surface area (Å²) in [7, 11) is 2.95. The van der Waals surface area contributed by atoms with Gasteiger partial charge in [0.05, 0.1) is 52.4 Å². The van der Waals surface area contributed by atoms with E-state index in [1.165, 1.54) is 20.3 Å². The summed E-state index contributed by atoms with van der Waals surface area (Å²) >= 11 is 0. The van der Waals surface area contributed by atoms with Crippen molar-refractivity contribution in [1.29, 1.82) is 0 Å². The summed E-state index contributed by atoms with van der Waals surface area (Å²) in [4.78, 5) is 22.6. The molecule has 3 heterocycles. The molecule has 9 heteroatoms. The molecular weight excluding hydrogens is 352 g/mol. The van der Waals surface area contributed by atoms with Gasteiger partial charge < -0.3 is 18.3 Å². The number of nitrogens with one attached hydrogen (secondary N) is 1. The molecule has 0 radical (unpaired) electrons. The summed E-state index contributed by atoms with van der Waals surface area (Å²) in [5, 5.41) is 2.66. The molecule has 0 atom stereocenters. The van der Waals surface area contributed by atoms with E-state index in [1.54, 1.807) is 24.7 Å². The maximum Gasteiger partial charge on any atom is 0.240 e. The van der Waals surface area contributed by atoms with Crippen LogP contribution < -0.4 is 14.8 Å². The van der Waals surface area contributed by atoms with Crippen LogP contribution in [0.25, 0.3) is 0 Å². The fraction of sp³-hybridized carbons (Fsp3) is 0.278. The molecule has 142 valence electrons. The molecule has 9 nitrogen and oxygen atoms in total. The van der Waals surface area contributed by atoms with Crippen LogP contribution in [-0.2, 0) is 17.9 Å². The molecule has 3 aromatic heterocycles. The van der Waals surface area contributed by atoms with E-state index in [9.17, 15) is 4.79 Å². The molecule has 0 unspecified atom stereocenters. The lowest BCUT2D eigenvalue weighted by atomic mass is 10.3. The minimum atomic E-state index is -0.289. The Kier molecular flexibility index (Phi) is 6.06. The number of carbonyl (C=O) groups is 1. The smallest absolute Gasteiger partial charge is 0.240 e. The van der Waals surface area contributed by atoms with E-state index in [0.29, 0.717) is 24.8 Å². The van der Waals surface area contributed by atoms with E-state index in [0.717, 1.165) is 11.5 Å². The third-order valence-corrected chi connectivity index (χ3v) is 3.63. The number of aromatic nitrogens is 2. The monoisotopic (exact) mass is 372 g/mol. The number of hydrogen-bond donors (Lipinski definition) is 1. The van der Waals surface area contributed by atoms with Crippen molar-refractivity contribution in [2.45, 2.75) is 13.1 Å². The Morgan fingerprint density at radius 1 is 1.04 bits per heavy atom. The van der Waals surface area contributed by atoms with Gasteiger partial charge in [-0.1, -0.05) is 0 Å². The number of carbonyl (C=O) groups excluding carboxylic acids is 1. The highest BCUT2D eigenvalue weighted by Gasteiger charge is 2.16. The molecule has 0 saturated heterocycles. The number of nitrogens with zero attached hydrogens (tertiary/aromatic N) is 3. The van der Waals surface area contributed by atoms with Crippen LogP contribution in [0, 0.1) is 0 Å². The highest BCUT2D eigenvalue weighted by atomic mass is 16.5. The number of ether oxygens (including phenoxy) is 2. The van der Waals surface area contributed by atoms with E-state index in [1.807, 2.05) is 17.0 Å². The molecule has 1 amide bonds. The second kappa shape index (κ2) is 8.86. The van der Waals surface area contributed by atoms with E-state index >= 15 is 0 Å². The summed E-state index contributed by atoms with van der Waals surface area (Å²) in [6.07, 6.45) is 3.19. The largest absolute Gasteiger partial charge is 0.481 e. The van der Waals surface area contributed by atoms with E-state index in [4.69, 9.17) is 18.3 Å². The quantitative estimate of drug-likeness (QED) is 0.610. The van der Waals surface area contributed by atoms with E-state index < -0.39 is 0 Å². The molecule has 0 spiro atoms. The van der Waals surface area contributed by atoms with Gasteiger partial charge in [-0.15, -0.1) is 0 Å². The minimum Gasteiger partial charge on any atom is -0.481 e. The first-order chi connectivity index (χ1) is 13.2. The molecule has 0 aliphatic carbocycles. The first kappa shape index (κ1) is 18.5. The zero-order chi connectivity index (χ0) is 19.1. The molecule has 0 aliphatic heterocycles. The van der Waals surface area contributed by atoms with Crippen molar-refractivity contribution in [1.82, 2.24) is 14.9 Å². The van der Waals surface area contributed by atoms with Crippen LogP contribution in [0.15, 0.2) is 51.7 Å². The molecule has 3 rings (SSSR count). The first-order valence-electron chi connectivity index (χ1n) is 8.20. The Hall–Kier alpha value is -3.33. The fourth-order valence-corrected chi connectivity index (χ4v) is 2.45. The molecule has 0 fully saturated rings. The Labute approximate surface area is 155 Å². The normalized spacial score (nSPS) is 10.8. The SMILES string of the molecule is COc1cc(OC)nc(NC(=O)CN(Cc2ccco2)Cc2ccco2)n1. The van der Waals surface area contributed by atoms with Gasteiger partial charge in [0.2, 0.25) is 23.6 Å². The predicted octanol–water partition coefficient (Wildman–Crippen LogP) is 2.32. The number of anilines is 1. The van der Waals surface area contributed by atoms with Gasteiger partial charge in [-0.25, -0.2) is 0 Å². The van der Waals surface area contributed by atoms with Crippen molar-refractivity contribution in [3.63, 3.8) is 0 Å². The van der Waals surface area contributed by atoms with Crippen molar-refractivity contribution in [3.8, 4) is 11.8 Å². The van der Waals surface area contributed by atoms with E-state index in [-0.39, 0.29) is 18.4 Å². The molecule has 1 N–H and O–H groups in total. The Morgan fingerprint density at radius 3 is 2.04 bits per heavy atom. The van der Waals surface area contributed by atoms with E-state index in [2.05, 4.69) is 15.3 Å². The minimum absolute atomic E-state index is 0.0876. The zero-order valence-corrected chi connectivity index (χ0v) is 15.0. The Bertz CT molecular complexity index is 790. The van der Waals surface area contributed by atoms with Crippen LogP contribution in [0.1, 0.15) is 11.5 Å². The fourth-order valence-electron chi connectivity index (χ4n) is 2.45. The maximum atomic E-state index is 12.5. The van der Waals surface area contributed by atoms with Crippen molar-refractivity contribution in [3.05, 3.63) is 54.4 Å². The maximum absolute atomic E-state index is 12.5. The van der Waals surface area contributed by atoms with Crippen LogP contribution in [0.5, 0.6) is 11.8 Å². The molecule has 0 aromatic carbocycles. The molecule has 0 bridgehead atoms. The summed E-state index contributed by atoms with van der Waals surface area (Å²) in [6.45, 7) is 0.983. The van der Waals surface area contributed by atoms with Crippen LogP contribution in [-0.4, -0.2) is 41.5 Å². The van der Waals surface area contributed by atoms with Gasteiger partial charge in [0.15, 0.2) is 0 Å². The second-order valence-corrected chi connectivity index (χ2v) is 5.63. The molecule has 0 aliphatic rings. The molecule has 27 heavy (non-hydrogen) atoms. The average Bonchev–Trinajstić information content (AvgIpc) is 3.35. The van der Waals surface area contributed by atoms with Crippen molar-refractivity contribution < 1.29 is 23.1 Å².